The molecule has 1 aliphatic heterocycles. The molecule has 112 valence electrons. The van der Waals surface area contributed by atoms with Gasteiger partial charge in [-0.25, -0.2) is 4.79 Å². The topological polar surface area (TPSA) is 95.9 Å². The largest absolute Gasteiger partial charge is 0.480 e. The van der Waals surface area contributed by atoms with Gasteiger partial charge in [0.1, 0.15) is 6.04 Å². The summed E-state index contributed by atoms with van der Waals surface area (Å²) in [5.74, 6) is -1.61. The Morgan fingerprint density at radius 2 is 2.10 bits per heavy atom. The molecule has 7 heteroatoms. The summed E-state index contributed by atoms with van der Waals surface area (Å²) >= 11 is 0. The lowest BCUT2D eigenvalue weighted by Crippen LogP contribution is -2.41. The van der Waals surface area contributed by atoms with Crippen LogP contribution in [0.2, 0.25) is 0 Å². The maximum absolute atomic E-state index is 12.4. The number of rotatable bonds is 3. The predicted molar refractivity (Wildman–Crippen MR) is 74.4 cm³/mol. The summed E-state index contributed by atoms with van der Waals surface area (Å²) in [6, 6.07) is 3.79. The van der Waals surface area contributed by atoms with E-state index in [4.69, 9.17) is 9.84 Å². The van der Waals surface area contributed by atoms with Crippen LogP contribution in [0.1, 0.15) is 24.2 Å². The number of carbonyl (C=O) groups excluding carboxylic acids is 2. The zero-order chi connectivity index (χ0) is 15.7. The number of para-hydroxylation sites is 1. The lowest BCUT2D eigenvalue weighted by atomic mass is 10.1. The molecule has 2 amide bonds. The lowest BCUT2D eigenvalue weighted by molar-refractivity contribution is -0.141. The number of nitrogens with zero attached hydrogens (tertiary/aromatic N) is 1. The molecule has 1 aromatic rings. The summed E-state index contributed by atoms with van der Waals surface area (Å²) in [6.45, 7) is 2.99. The second-order valence-electron chi connectivity index (χ2n) is 4.86. The van der Waals surface area contributed by atoms with Gasteiger partial charge in [-0.3, -0.25) is 9.59 Å². The second-order valence-corrected chi connectivity index (χ2v) is 4.86. The molecule has 0 aliphatic carbocycles. The highest BCUT2D eigenvalue weighted by atomic mass is 16.5. The van der Waals surface area contributed by atoms with Crippen molar-refractivity contribution < 1.29 is 24.2 Å². The van der Waals surface area contributed by atoms with Crippen LogP contribution in [0.3, 0.4) is 0 Å². The number of benzene rings is 1. The molecule has 2 rings (SSSR count). The highest BCUT2D eigenvalue weighted by Gasteiger charge is 2.30. The van der Waals surface area contributed by atoms with Crippen molar-refractivity contribution in [3.8, 4) is 5.75 Å². The summed E-state index contributed by atoms with van der Waals surface area (Å²) in [7, 11) is 1.41. The Balaban J connectivity index is 2.37. The Morgan fingerprint density at radius 3 is 2.71 bits per heavy atom. The van der Waals surface area contributed by atoms with Crippen LogP contribution in [-0.4, -0.2) is 47.0 Å². The van der Waals surface area contributed by atoms with Gasteiger partial charge in [-0.2, -0.15) is 0 Å². The van der Waals surface area contributed by atoms with Crippen LogP contribution in [0.15, 0.2) is 18.2 Å². The highest BCUT2D eigenvalue weighted by Crippen LogP contribution is 2.34. The smallest absolute Gasteiger partial charge is 0.326 e. The van der Waals surface area contributed by atoms with Gasteiger partial charge in [0.15, 0.2) is 11.9 Å². The van der Waals surface area contributed by atoms with E-state index >= 15 is 0 Å². The van der Waals surface area contributed by atoms with Gasteiger partial charge in [0.25, 0.3) is 11.8 Å². The first-order valence-electron chi connectivity index (χ1n) is 6.43. The van der Waals surface area contributed by atoms with Crippen molar-refractivity contribution in [3.05, 3.63) is 23.8 Å². The summed E-state index contributed by atoms with van der Waals surface area (Å²) < 4.78 is 5.48. The van der Waals surface area contributed by atoms with Gasteiger partial charge < -0.3 is 20.1 Å². The highest BCUT2D eigenvalue weighted by molar-refractivity contribution is 6.04. The van der Waals surface area contributed by atoms with E-state index in [1.165, 1.54) is 20.0 Å². The minimum Gasteiger partial charge on any atom is -0.480 e. The summed E-state index contributed by atoms with van der Waals surface area (Å²) in [4.78, 5) is 36.1. The normalized spacial score (nSPS) is 18.0. The molecule has 2 unspecified atom stereocenters. The molecule has 0 bridgehead atoms. The van der Waals surface area contributed by atoms with E-state index in [0.29, 0.717) is 5.69 Å². The molecule has 2 atom stereocenters. The first-order chi connectivity index (χ1) is 9.82. The van der Waals surface area contributed by atoms with Crippen molar-refractivity contribution in [3.63, 3.8) is 0 Å². The molecular weight excluding hydrogens is 276 g/mol. The average molecular weight is 292 g/mol. The van der Waals surface area contributed by atoms with Gasteiger partial charge in [-0.15, -0.1) is 0 Å². The average Bonchev–Trinajstić information content (AvgIpc) is 2.45. The van der Waals surface area contributed by atoms with E-state index < -0.39 is 24.0 Å². The fraction of sp³-hybridized carbons (Fsp3) is 0.357. The van der Waals surface area contributed by atoms with E-state index in [0.717, 1.165) is 4.90 Å². The van der Waals surface area contributed by atoms with E-state index in [1.807, 2.05) is 0 Å². The third-order valence-corrected chi connectivity index (χ3v) is 3.43. The Bertz CT molecular complexity index is 613. The summed E-state index contributed by atoms with van der Waals surface area (Å²) in [6.07, 6.45) is -0.714. The molecule has 1 aromatic carbocycles. The van der Waals surface area contributed by atoms with E-state index in [-0.39, 0.29) is 17.2 Å². The van der Waals surface area contributed by atoms with Crippen molar-refractivity contribution >= 4 is 23.5 Å². The van der Waals surface area contributed by atoms with Gasteiger partial charge in [-0.1, -0.05) is 6.07 Å². The predicted octanol–water partition coefficient (Wildman–Crippen LogP) is 0.951. The number of likely N-dealkylation sites (N-methyl/N-ethyl adjacent to an activating group) is 1. The summed E-state index contributed by atoms with van der Waals surface area (Å²) in [5.41, 5.74) is 0.621. The monoisotopic (exact) mass is 292 g/mol. The van der Waals surface area contributed by atoms with Gasteiger partial charge in [0.2, 0.25) is 0 Å². The molecule has 2 N–H and O–H groups in total. The van der Waals surface area contributed by atoms with Crippen LogP contribution in [0, 0.1) is 0 Å². The van der Waals surface area contributed by atoms with E-state index in [9.17, 15) is 14.4 Å². The van der Waals surface area contributed by atoms with Crippen LogP contribution in [0.25, 0.3) is 0 Å². The lowest BCUT2D eigenvalue weighted by Gasteiger charge is -2.27. The van der Waals surface area contributed by atoms with Crippen molar-refractivity contribution in [1.82, 2.24) is 4.90 Å². The molecule has 7 nitrogen and oxygen atoms in total. The number of amides is 2. The maximum Gasteiger partial charge on any atom is 0.326 e. The molecule has 21 heavy (non-hydrogen) atoms. The quantitative estimate of drug-likeness (QED) is 0.864. The van der Waals surface area contributed by atoms with E-state index in [2.05, 4.69) is 5.32 Å². The number of fused-ring (bicyclic) bond motifs is 1. The van der Waals surface area contributed by atoms with Crippen LogP contribution in [-0.2, 0) is 9.59 Å². The van der Waals surface area contributed by atoms with Crippen molar-refractivity contribution in [2.75, 3.05) is 12.4 Å². The van der Waals surface area contributed by atoms with Gasteiger partial charge in [-0.05, 0) is 26.0 Å². The minimum atomic E-state index is -1.10. The fourth-order valence-corrected chi connectivity index (χ4v) is 1.93. The number of hydrogen-bond acceptors (Lipinski definition) is 4. The van der Waals surface area contributed by atoms with Crippen LogP contribution >= 0.6 is 0 Å². The molecule has 1 heterocycles. The standard InChI is InChI=1S/C14H16N2O5/c1-7(14(19)20)16(3)13(18)9-5-4-6-10-11(9)21-8(2)12(17)15-10/h4-8H,1-3H3,(H,15,17)(H,19,20). The Labute approximate surface area is 121 Å². The number of aliphatic carboxylic acids is 1. The van der Waals surface area contributed by atoms with Crippen LogP contribution < -0.4 is 10.1 Å². The second kappa shape index (κ2) is 5.43. The molecule has 0 saturated carbocycles. The number of hydrogen-bond donors (Lipinski definition) is 2. The first-order valence-corrected chi connectivity index (χ1v) is 6.43. The van der Waals surface area contributed by atoms with Crippen molar-refractivity contribution in [2.45, 2.75) is 26.0 Å². The Morgan fingerprint density at radius 1 is 1.43 bits per heavy atom. The molecule has 0 saturated heterocycles. The number of carbonyl (C=O) groups is 3. The number of ether oxygens (including phenoxy) is 1. The third kappa shape index (κ3) is 2.67. The zero-order valence-electron chi connectivity index (χ0n) is 11.9. The van der Waals surface area contributed by atoms with Crippen LogP contribution in [0.5, 0.6) is 5.75 Å². The Hall–Kier alpha value is -2.57. The van der Waals surface area contributed by atoms with Gasteiger partial charge in [0.05, 0.1) is 11.3 Å². The van der Waals surface area contributed by atoms with Gasteiger partial charge in [0, 0.05) is 7.05 Å². The van der Waals surface area contributed by atoms with Crippen LogP contribution in [0.4, 0.5) is 5.69 Å². The molecule has 0 fully saturated rings. The van der Waals surface area contributed by atoms with E-state index in [1.54, 1.807) is 19.1 Å². The summed E-state index contributed by atoms with van der Waals surface area (Å²) in [5, 5.41) is 11.6. The SMILES string of the molecule is CC1Oc2c(cccc2C(=O)N(C)C(C)C(=O)O)NC1=O. The zero-order valence-corrected chi connectivity index (χ0v) is 11.9. The van der Waals surface area contributed by atoms with Gasteiger partial charge >= 0.3 is 5.97 Å². The third-order valence-electron chi connectivity index (χ3n) is 3.43. The van der Waals surface area contributed by atoms with Crippen molar-refractivity contribution in [1.29, 1.82) is 0 Å². The number of carboxylic acids is 1. The molecular formula is C14H16N2O5. The number of anilines is 1. The molecule has 0 spiro atoms. The van der Waals surface area contributed by atoms with Crippen molar-refractivity contribution in [2.24, 2.45) is 0 Å². The molecule has 0 radical (unpaired) electrons. The molecule has 1 aliphatic rings. The maximum atomic E-state index is 12.4. The minimum absolute atomic E-state index is 0.218. The first kappa shape index (κ1) is 14.8. The number of nitrogens with one attached hydrogen (secondary N) is 1. The fourth-order valence-electron chi connectivity index (χ4n) is 1.93. The molecule has 0 aromatic heterocycles. The Kier molecular flexibility index (Phi) is 3.84. The number of carboxylic acid groups (broad SMARTS) is 1.